The molecule has 1 aromatic rings. The standard InChI is InChI=1S/C16H24N2O3/c1-5-20-15-7-12-6-9(2)21-14(12)8-13(15)18-16(19)10(3)11(4)17/h7-11H,5-6,17H2,1-4H3,(H,18,19). The van der Waals surface area contributed by atoms with E-state index < -0.39 is 0 Å². The molecule has 1 aromatic carbocycles. The summed E-state index contributed by atoms with van der Waals surface area (Å²) in [6, 6.07) is 3.59. The molecule has 0 radical (unpaired) electrons. The fraction of sp³-hybridized carbons (Fsp3) is 0.562. The number of fused-ring (bicyclic) bond motifs is 1. The van der Waals surface area contributed by atoms with Crippen molar-refractivity contribution in [3.63, 3.8) is 0 Å². The minimum Gasteiger partial charge on any atom is -0.492 e. The highest BCUT2D eigenvalue weighted by Crippen LogP contribution is 2.38. The van der Waals surface area contributed by atoms with Crippen LogP contribution in [0, 0.1) is 5.92 Å². The number of nitrogens with two attached hydrogens (primary N) is 1. The predicted molar refractivity (Wildman–Crippen MR) is 82.8 cm³/mol. The van der Waals surface area contributed by atoms with E-state index >= 15 is 0 Å². The molecule has 1 amide bonds. The molecule has 5 nitrogen and oxygen atoms in total. The average Bonchev–Trinajstić information content (AvgIpc) is 2.77. The van der Waals surface area contributed by atoms with Gasteiger partial charge in [0.2, 0.25) is 5.91 Å². The third-order valence-electron chi connectivity index (χ3n) is 3.76. The van der Waals surface area contributed by atoms with Crippen molar-refractivity contribution in [2.24, 2.45) is 11.7 Å². The van der Waals surface area contributed by atoms with Gasteiger partial charge in [0.15, 0.2) is 0 Å². The van der Waals surface area contributed by atoms with Crippen molar-refractivity contribution >= 4 is 11.6 Å². The van der Waals surface area contributed by atoms with Crippen LogP contribution in [0.15, 0.2) is 12.1 Å². The first-order valence-corrected chi connectivity index (χ1v) is 7.45. The minimum atomic E-state index is -0.271. The van der Waals surface area contributed by atoms with Crippen LogP contribution in [0.4, 0.5) is 5.69 Å². The van der Waals surface area contributed by atoms with Crippen molar-refractivity contribution in [1.29, 1.82) is 0 Å². The molecule has 3 atom stereocenters. The SMILES string of the molecule is CCOc1cc2c(cc1NC(=O)C(C)C(C)N)OC(C)C2. The van der Waals surface area contributed by atoms with Gasteiger partial charge in [0.1, 0.15) is 17.6 Å². The normalized spacial score (nSPS) is 19.4. The van der Waals surface area contributed by atoms with E-state index in [1.165, 1.54) is 0 Å². The number of ether oxygens (including phenoxy) is 2. The number of hydrogen-bond acceptors (Lipinski definition) is 4. The molecule has 1 aliphatic heterocycles. The third-order valence-corrected chi connectivity index (χ3v) is 3.76. The molecule has 0 aliphatic carbocycles. The van der Waals surface area contributed by atoms with Crippen LogP contribution in [0.2, 0.25) is 0 Å². The summed E-state index contributed by atoms with van der Waals surface area (Å²) in [5, 5.41) is 2.90. The zero-order valence-electron chi connectivity index (χ0n) is 13.1. The molecule has 2 rings (SSSR count). The molecule has 5 heteroatoms. The van der Waals surface area contributed by atoms with Crippen LogP contribution >= 0.6 is 0 Å². The molecule has 0 spiro atoms. The van der Waals surface area contributed by atoms with Gasteiger partial charge in [-0.25, -0.2) is 0 Å². The van der Waals surface area contributed by atoms with Crippen molar-refractivity contribution < 1.29 is 14.3 Å². The number of nitrogens with one attached hydrogen (secondary N) is 1. The van der Waals surface area contributed by atoms with Crippen LogP contribution in [-0.2, 0) is 11.2 Å². The van der Waals surface area contributed by atoms with Gasteiger partial charge in [0.25, 0.3) is 0 Å². The van der Waals surface area contributed by atoms with Crippen LogP contribution in [-0.4, -0.2) is 24.7 Å². The monoisotopic (exact) mass is 292 g/mol. The largest absolute Gasteiger partial charge is 0.492 e. The highest BCUT2D eigenvalue weighted by molar-refractivity contribution is 5.94. The van der Waals surface area contributed by atoms with Crippen LogP contribution < -0.4 is 20.5 Å². The van der Waals surface area contributed by atoms with E-state index in [0.29, 0.717) is 18.0 Å². The lowest BCUT2D eigenvalue weighted by atomic mass is 10.0. The summed E-state index contributed by atoms with van der Waals surface area (Å²) in [6.45, 7) is 8.12. The Morgan fingerprint density at radius 2 is 2.24 bits per heavy atom. The molecule has 0 aromatic heterocycles. The first-order chi connectivity index (χ1) is 9.92. The summed E-state index contributed by atoms with van der Waals surface area (Å²) in [5.41, 5.74) is 7.53. The number of hydrogen-bond donors (Lipinski definition) is 2. The average molecular weight is 292 g/mol. The van der Waals surface area contributed by atoms with E-state index in [2.05, 4.69) is 5.32 Å². The van der Waals surface area contributed by atoms with Gasteiger partial charge in [-0.15, -0.1) is 0 Å². The van der Waals surface area contributed by atoms with Gasteiger partial charge in [-0.05, 0) is 26.8 Å². The summed E-state index contributed by atoms with van der Waals surface area (Å²) < 4.78 is 11.4. The number of rotatable bonds is 5. The molecule has 116 valence electrons. The van der Waals surface area contributed by atoms with Crippen LogP contribution in [0.5, 0.6) is 11.5 Å². The van der Waals surface area contributed by atoms with Crippen molar-refractivity contribution in [3.8, 4) is 11.5 Å². The molecule has 3 N–H and O–H groups in total. The lowest BCUT2D eigenvalue weighted by Crippen LogP contribution is -2.34. The van der Waals surface area contributed by atoms with E-state index in [1.807, 2.05) is 39.8 Å². The number of anilines is 1. The topological polar surface area (TPSA) is 73.6 Å². The molecule has 0 saturated heterocycles. The van der Waals surface area contributed by atoms with Crippen LogP contribution in [0.25, 0.3) is 0 Å². The van der Waals surface area contributed by atoms with Crippen molar-refractivity contribution in [2.75, 3.05) is 11.9 Å². The van der Waals surface area contributed by atoms with Crippen molar-refractivity contribution in [1.82, 2.24) is 0 Å². The second-order valence-corrected chi connectivity index (χ2v) is 5.66. The third kappa shape index (κ3) is 3.47. The maximum Gasteiger partial charge on any atom is 0.228 e. The zero-order valence-corrected chi connectivity index (χ0v) is 13.1. The first-order valence-electron chi connectivity index (χ1n) is 7.45. The number of carbonyl (C=O) groups excluding carboxylic acids is 1. The maximum absolute atomic E-state index is 12.2. The van der Waals surface area contributed by atoms with Gasteiger partial charge in [0, 0.05) is 24.1 Å². The number of carbonyl (C=O) groups is 1. The van der Waals surface area contributed by atoms with Gasteiger partial charge >= 0.3 is 0 Å². The smallest absolute Gasteiger partial charge is 0.228 e. The van der Waals surface area contributed by atoms with Gasteiger partial charge in [-0.2, -0.15) is 0 Å². The lowest BCUT2D eigenvalue weighted by molar-refractivity contribution is -0.119. The summed E-state index contributed by atoms with van der Waals surface area (Å²) in [6.07, 6.45) is 1.02. The van der Waals surface area contributed by atoms with Crippen molar-refractivity contribution in [3.05, 3.63) is 17.7 Å². The fourth-order valence-electron chi connectivity index (χ4n) is 2.30. The van der Waals surface area contributed by atoms with E-state index in [1.54, 1.807) is 0 Å². The Hall–Kier alpha value is -1.75. The van der Waals surface area contributed by atoms with E-state index in [9.17, 15) is 4.79 Å². The highest BCUT2D eigenvalue weighted by atomic mass is 16.5. The molecule has 0 bridgehead atoms. The fourth-order valence-corrected chi connectivity index (χ4v) is 2.30. The second-order valence-electron chi connectivity index (χ2n) is 5.66. The quantitative estimate of drug-likeness (QED) is 0.873. The minimum absolute atomic E-state index is 0.114. The van der Waals surface area contributed by atoms with Gasteiger partial charge in [-0.1, -0.05) is 6.92 Å². The Morgan fingerprint density at radius 1 is 1.52 bits per heavy atom. The maximum atomic E-state index is 12.2. The van der Waals surface area contributed by atoms with Crippen molar-refractivity contribution in [2.45, 2.75) is 46.3 Å². The Bertz CT molecular complexity index is 528. The van der Waals surface area contributed by atoms with Gasteiger partial charge in [-0.3, -0.25) is 4.79 Å². The molecular weight excluding hydrogens is 268 g/mol. The van der Waals surface area contributed by atoms with Gasteiger partial charge in [0.05, 0.1) is 18.2 Å². The molecule has 3 unspecified atom stereocenters. The number of amides is 1. The summed E-state index contributed by atoms with van der Waals surface area (Å²) >= 11 is 0. The molecular formula is C16H24N2O3. The van der Waals surface area contributed by atoms with E-state index in [0.717, 1.165) is 17.7 Å². The summed E-state index contributed by atoms with van der Waals surface area (Å²) in [7, 11) is 0. The Balaban J connectivity index is 2.25. The van der Waals surface area contributed by atoms with Crippen LogP contribution in [0.3, 0.4) is 0 Å². The van der Waals surface area contributed by atoms with E-state index in [-0.39, 0.29) is 24.0 Å². The summed E-state index contributed by atoms with van der Waals surface area (Å²) in [5.74, 6) is 1.11. The van der Waals surface area contributed by atoms with Gasteiger partial charge < -0.3 is 20.5 Å². The Kier molecular flexibility index (Phi) is 4.73. The molecule has 21 heavy (non-hydrogen) atoms. The Morgan fingerprint density at radius 3 is 2.86 bits per heavy atom. The zero-order chi connectivity index (χ0) is 15.6. The molecule has 1 aliphatic rings. The first kappa shape index (κ1) is 15.6. The highest BCUT2D eigenvalue weighted by Gasteiger charge is 2.24. The van der Waals surface area contributed by atoms with E-state index in [4.69, 9.17) is 15.2 Å². The number of benzene rings is 1. The second kappa shape index (κ2) is 6.35. The predicted octanol–water partition coefficient (Wildman–Crippen LogP) is 2.33. The molecule has 1 heterocycles. The molecule has 0 fully saturated rings. The summed E-state index contributed by atoms with van der Waals surface area (Å²) in [4.78, 5) is 12.2. The Labute approximate surface area is 125 Å². The van der Waals surface area contributed by atoms with Crippen LogP contribution in [0.1, 0.15) is 33.3 Å². The lowest BCUT2D eigenvalue weighted by Gasteiger charge is -2.18. The molecule has 0 saturated carbocycles.